The highest BCUT2D eigenvalue weighted by Crippen LogP contribution is 2.32. The van der Waals surface area contributed by atoms with Crippen LogP contribution in [0, 0.1) is 10.1 Å². The first-order chi connectivity index (χ1) is 15.7. The average molecular weight is 474 g/mol. The van der Waals surface area contributed by atoms with Crippen molar-refractivity contribution in [1.29, 1.82) is 0 Å². The molecule has 11 heteroatoms. The molecule has 0 fully saturated rings. The maximum absolute atomic E-state index is 12.7. The molecule has 0 saturated heterocycles. The van der Waals surface area contributed by atoms with Crippen molar-refractivity contribution in [1.82, 2.24) is 0 Å². The molecule has 0 unspecified atom stereocenters. The molecule has 7 nitrogen and oxygen atoms in total. The Labute approximate surface area is 190 Å². The third-order valence-corrected chi connectivity index (χ3v) is 5.05. The lowest BCUT2D eigenvalue weighted by molar-refractivity contribution is -0.384. The highest BCUT2D eigenvalue weighted by Gasteiger charge is 2.30. The van der Waals surface area contributed by atoms with Crippen LogP contribution in [0.1, 0.15) is 16.7 Å². The number of non-ortho nitro benzene ring substituents is 1. The first-order valence-corrected chi connectivity index (χ1v) is 10.4. The predicted molar refractivity (Wildman–Crippen MR) is 122 cm³/mol. The second-order valence-electron chi connectivity index (χ2n) is 6.56. The largest absolute Gasteiger partial charge is 0.457 e. The molecule has 0 amide bonds. The number of ether oxygens (including phenoxy) is 1. The molecule has 2 N–H and O–H groups in total. The summed E-state index contributed by atoms with van der Waals surface area (Å²) in [6.45, 7) is 0. The molecule has 3 aromatic carbocycles. The molecule has 3 aromatic rings. The summed E-state index contributed by atoms with van der Waals surface area (Å²) in [5, 5.41) is 19.0. The molecule has 0 heterocycles. The van der Waals surface area contributed by atoms with Gasteiger partial charge in [-0.15, -0.1) is 5.10 Å². The predicted octanol–water partition coefficient (Wildman–Crippen LogP) is 5.99. The molecule has 0 spiro atoms. The van der Waals surface area contributed by atoms with Crippen molar-refractivity contribution < 1.29 is 22.8 Å². The summed E-state index contributed by atoms with van der Waals surface area (Å²) in [6.07, 6.45) is -3.25. The maximum atomic E-state index is 12.7. The van der Waals surface area contributed by atoms with E-state index in [0.717, 1.165) is 29.8 Å². The van der Waals surface area contributed by atoms with Gasteiger partial charge >= 0.3 is 6.18 Å². The number of benzene rings is 3. The summed E-state index contributed by atoms with van der Waals surface area (Å²) in [6, 6.07) is 17.4. The first-order valence-electron chi connectivity index (χ1n) is 9.39. The number of hydrogen-bond acceptors (Lipinski definition) is 6. The highest BCUT2D eigenvalue weighted by molar-refractivity contribution is 8.13. The number of rotatable bonds is 7. The van der Waals surface area contributed by atoms with E-state index in [-0.39, 0.29) is 27.9 Å². The van der Waals surface area contributed by atoms with E-state index >= 15 is 0 Å². The van der Waals surface area contributed by atoms with Crippen LogP contribution in [0.4, 0.5) is 18.9 Å². The Morgan fingerprint density at radius 1 is 1.09 bits per heavy atom. The summed E-state index contributed by atoms with van der Waals surface area (Å²) < 4.78 is 43.8. The molecule has 0 aliphatic heterocycles. The van der Waals surface area contributed by atoms with Crippen molar-refractivity contribution in [2.45, 2.75) is 11.9 Å². The van der Waals surface area contributed by atoms with Gasteiger partial charge in [0.05, 0.1) is 16.7 Å². The Morgan fingerprint density at radius 3 is 2.42 bits per heavy atom. The van der Waals surface area contributed by atoms with Crippen LogP contribution in [0.5, 0.6) is 11.5 Å². The van der Waals surface area contributed by atoms with Crippen LogP contribution in [0.2, 0.25) is 0 Å². The number of nitrogens with two attached hydrogens (primary N) is 1. The Morgan fingerprint density at radius 2 is 1.79 bits per heavy atom. The van der Waals surface area contributed by atoms with Crippen molar-refractivity contribution in [2.24, 2.45) is 15.9 Å². The van der Waals surface area contributed by atoms with Crippen molar-refractivity contribution in [3.05, 3.63) is 99.6 Å². The normalized spacial score (nSPS) is 12.2. The molecule has 0 aliphatic carbocycles. The molecular weight excluding hydrogens is 457 g/mol. The topological polar surface area (TPSA) is 103 Å². The second-order valence-corrected chi connectivity index (χ2v) is 7.56. The lowest BCUT2D eigenvalue weighted by Crippen LogP contribution is -2.06. The van der Waals surface area contributed by atoms with Gasteiger partial charge in [-0.1, -0.05) is 42.1 Å². The minimum atomic E-state index is -4.47. The number of alkyl halides is 3. The minimum Gasteiger partial charge on any atom is -0.457 e. The molecule has 3 rings (SSSR count). The van der Waals surface area contributed by atoms with Gasteiger partial charge in [-0.05, 0) is 35.9 Å². The summed E-state index contributed by atoms with van der Waals surface area (Å²) >= 11 is 1.27. The standard InChI is InChI=1S/C22H17F3N4O3S/c23-22(24,25)17-6-9-19(10-7-17)32-20-11-8-18(29(30)31)12-16(20)13-27-28-21(26)33-14-15-4-2-1-3-5-15/h1-13H,14H2,(H2,26,28). The van der Waals surface area contributed by atoms with Crippen molar-refractivity contribution in [3.8, 4) is 11.5 Å². The summed E-state index contributed by atoms with van der Waals surface area (Å²) in [4.78, 5) is 10.5. The summed E-state index contributed by atoms with van der Waals surface area (Å²) in [5.41, 5.74) is 6.06. The number of hydrogen-bond donors (Lipinski definition) is 1. The number of halogens is 3. The van der Waals surface area contributed by atoms with Crippen molar-refractivity contribution in [3.63, 3.8) is 0 Å². The second kappa shape index (κ2) is 10.6. The van der Waals surface area contributed by atoms with Gasteiger partial charge in [0.15, 0.2) is 5.17 Å². The van der Waals surface area contributed by atoms with E-state index in [9.17, 15) is 23.3 Å². The van der Waals surface area contributed by atoms with Crippen molar-refractivity contribution in [2.75, 3.05) is 0 Å². The van der Waals surface area contributed by atoms with E-state index < -0.39 is 16.7 Å². The summed E-state index contributed by atoms with van der Waals surface area (Å²) in [7, 11) is 0. The molecule has 0 aromatic heterocycles. The van der Waals surface area contributed by atoms with Gasteiger partial charge in [0.25, 0.3) is 5.69 Å². The van der Waals surface area contributed by atoms with Gasteiger partial charge in [-0.3, -0.25) is 10.1 Å². The van der Waals surface area contributed by atoms with Crippen LogP contribution in [-0.4, -0.2) is 16.3 Å². The van der Waals surface area contributed by atoms with E-state index in [2.05, 4.69) is 10.2 Å². The van der Waals surface area contributed by atoms with Crippen LogP contribution in [-0.2, 0) is 11.9 Å². The lowest BCUT2D eigenvalue weighted by atomic mass is 10.2. The van der Waals surface area contributed by atoms with Gasteiger partial charge in [0, 0.05) is 23.4 Å². The van der Waals surface area contributed by atoms with Gasteiger partial charge < -0.3 is 10.5 Å². The average Bonchev–Trinajstić information content (AvgIpc) is 2.79. The van der Waals surface area contributed by atoms with Crippen LogP contribution < -0.4 is 10.5 Å². The molecule has 0 saturated carbocycles. The van der Waals surface area contributed by atoms with Crippen molar-refractivity contribution >= 4 is 28.8 Å². The zero-order valence-electron chi connectivity index (χ0n) is 16.9. The first kappa shape index (κ1) is 23.8. The Kier molecular flexibility index (Phi) is 7.67. The zero-order chi connectivity index (χ0) is 23.8. The quantitative estimate of drug-likeness (QED) is 0.196. The Bertz CT molecular complexity index is 1170. The van der Waals surface area contributed by atoms with Gasteiger partial charge in [0.1, 0.15) is 11.5 Å². The van der Waals surface area contributed by atoms with Gasteiger partial charge in [0.2, 0.25) is 0 Å². The Balaban J connectivity index is 1.76. The van der Waals surface area contributed by atoms with E-state index in [1.165, 1.54) is 36.2 Å². The number of nitro groups is 1. The molecule has 0 radical (unpaired) electrons. The van der Waals surface area contributed by atoms with E-state index in [4.69, 9.17) is 10.5 Å². The van der Waals surface area contributed by atoms with Gasteiger partial charge in [-0.25, -0.2) is 0 Å². The number of nitrogens with zero attached hydrogens (tertiary/aromatic N) is 3. The maximum Gasteiger partial charge on any atom is 0.416 e. The summed E-state index contributed by atoms with van der Waals surface area (Å²) in [5.74, 6) is 0.855. The van der Waals surface area contributed by atoms with Crippen LogP contribution in [0.3, 0.4) is 0 Å². The SMILES string of the molecule is NC(=NN=Cc1cc([N+](=O)[O-])ccc1Oc1ccc(C(F)(F)F)cc1)SCc1ccccc1. The van der Waals surface area contributed by atoms with Crippen LogP contribution in [0.25, 0.3) is 0 Å². The fourth-order valence-corrected chi connectivity index (χ4v) is 3.20. The molecule has 0 aliphatic rings. The number of thioether (sulfide) groups is 1. The highest BCUT2D eigenvalue weighted by atomic mass is 32.2. The number of amidine groups is 1. The third kappa shape index (κ3) is 7.07. The molecule has 33 heavy (non-hydrogen) atoms. The lowest BCUT2D eigenvalue weighted by Gasteiger charge is -2.10. The molecule has 0 bridgehead atoms. The fraction of sp³-hybridized carbons (Fsp3) is 0.0909. The van der Waals surface area contributed by atoms with E-state index in [1.807, 2.05) is 30.3 Å². The minimum absolute atomic E-state index is 0.118. The molecular formula is C22H17F3N4O3S. The number of nitro benzene ring substituents is 1. The molecule has 0 atom stereocenters. The fourth-order valence-electron chi connectivity index (χ4n) is 2.59. The third-order valence-electron chi connectivity index (χ3n) is 4.20. The van der Waals surface area contributed by atoms with Crippen LogP contribution >= 0.6 is 11.8 Å². The van der Waals surface area contributed by atoms with E-state index in [1.54, 1.807) is 0 Å². The van der Waals surface area contributed by atoms with E-state index in [0.29, 0.717) is 5.75 Å². The zero-order valence-corrected chi connectivity index (χ0v) is 17.7. The monoisotopic (exact) mass is 474 g/mol. The molecule has 170 valence electrons. The Hall–Kier alpha value is -3.86. The van der Waals surface area contributed by atoms with Gasteiger partial charge in [-0.2, -0.15) is 18.3 Å². The smallest absolute Gasteiger partial charge is 0.416 e. The van der Waals surface area contributed by atoms with Crippen LogP contribution in [0.15, 0.2) is 83.0 Å².